The van der Waals surface area contributed by atoms with Gasteiger partial charge in [-0.15, -0.1) is 6.42 Å². The van der Waals surface area contributed by atoms with Gasteiger partial charge in [-0.2, -0.15) is 5.10 Å². The molecule has 2 aromatic rings. The second kappa shape index (κ2) is 10.5. The van der Waals surface area contributed by atoms with Gasteiger partial charge in [-0.05, 0) is 42.8 Å². The largest absolute Gasteiger partial charge is 0.497 e. The Bertz CT molecular complexity index is 823. The number of carbonyl (C=O) groups is 1. The minimum atomic E-state index is -0.232. The topological polar surface area (TPSA) is 69.2 Å². The Morgan fingerprint density at radius 2 is 1.93 bits per heavy atom. The van der Waals surface area contributed by atoms with E-state index in [1.54, 1.807) is 25.3 Å². The van der Waals surface area contributed by atoms with Crippen molar-refractivity contribution in [2.45, 2.75) is 13.3 Å². The van der Waals surface area contributed by atoms with Crippen LogP contribution in [0.15, 0.2) is 47.6 Å². The summed E-state index contributed by atoms with van der Waals surface area (Å²) in [7, 11) is 1.57. The van der Waals surface area contributed by atoms with Crippen LogP contribution in [0.1, 0.15) is 18.1 Å². The summed E-state index contributed by atoms with van der Waals surface area (Å²) < 4.78 is 16.0. The highest BCUT2D eigenvalue weighted by molar-refractivity contribution is 5.86. The van der Waals surface area contributed by atoms with E-state index in [0.29, 0.717) is 23.7 Å². The molecule has 0 unspecified atom stereocenters. The maximum Gasteiger partial charge on any atom is 0.244 e. The zero-order valence-corrected chi connectivity index (χ0v) is 15.4. The van der Waals surface area contributed by atoms with Crippen LogP contribution in [0.25, 0.3) is 0 Å². The van der Waals surface area contributed by atoms with Crippen LogP contribution in [0.2, 0.25) is 0 Å². The zero-order valence-electron chi connectivity index (χ0n) is 15.4. The van der Waals surface area contributed by atoms with Crippen molar-refractivity contribution in [2.24, 2.45) is 5.10 Å². The SMILES string of the molecule is C#CCOc1ccc(OC)cc1/C=N/NC(=O)Cc1ccc(OCC)cc1. The summed E-state index contributed by atoms with van der Waals surface area (Å²) in [5, 5.41) is 3.99. The molecule has 2 aromatic carbocycles. The van der Waals surface area contributed by atoms with Crippen LogP contribution in [0.3, 0.4) is 0 Å². The molecule has 2 rings (SSSR count). The first-order valence-electron chi connectivity index (χ1n) is 8.44. The molecule has 0 aliphatic carbocycles. The van der Waals surface area contributed by atoms with E-state index in [2.05, 4.69) is 16.4 Å². The average Bonchev–Trinajstić information content (AvgIpc) is 2.68. The lowest BCUT2D eigenvalue weighted by atomic mass is 10.1. The standard InChI is InChI=1S/C21H22N2O4/c1-4-12-27-20-11-10-19(25-3)14-17(20)15-22-23-21(24)13-16-6-8-18(9-7-16)26-5-2/h1,6-11,14-15H,5,12-13H2,2-3H3,(H,23,24)/b22-15+. The van der Waals surface area contributed by atoms with Crippen molar-refractivity contribution in [3.8, 4) is 29.6 Å². The number of terminal acetylenes is 1. The van der Waals surface area contributed by atoms with Crippen molar-refractivity contribution in [1.82, 2.24) is 5.43 Å². The molecule has 0 heterocycles. The second-order valence-electron chi connectivity index (χ2n) is 5.44. The van der Waals surface area contributed by atoms with E-state index in [0.717, 1.165) is 11.3 Å². The molecule has 0 atom stereocenters. The highest BCUT2D eigenvalue weighted by Crippen LogP contribution is 2.22. The van der Waals surface area contributed by atoms with Gasteiger partial charge in [0.2, 0.25) is 5.91 Å². The first-order valence-corrected chi connectivity index (χ1v) is 8.44. The number of ether oxygens (including phenoxy) is 3. The number of amides is 1. The Morgan fingerprint density at radius 3 is 2.59 bits per heavy atom. The van der Waals surface area contributed by atoms with E-state index < -0.39 is 0 Å². The normalized spacial score (nSPS) is 10.3. The number of nitrogens with one attached hydrogen (secondary N) is 1. The third-order valence-corrected chi connectivity index (χ3v) is 3.52. The lowest BCUT2D eigenvalue weighted by molar-refractivity contribution is -0.120. The van der Waals surface area contributed by atoms with Crippen molar-refractivity contribution in [3.05, 3.63) is 53.6 Å². The maximum atomic E-state index is 12.1. The third-order valence-electron chi connectivity index (χ3n) is 3.52. The van der Waals surface area contributed by atoms with Gasteiger partial charge < -0.3 is 14.2 Å². The maximum absolute atomic E-state index is 12.1. The van der Waals surface area contributed by atoms with Gasteiger partial charge in [0, 0.05) is 5.56 Å². The molecule has 1 N–H and O–H groups in total. The summed E-state index contributed by atoms with van der Waals surface area (Å²) in [5.41, 5.74) is 4.01. The van der Waals surface area contributed by atoms with Gasteiger partial charge in [-0.25, -0.2) is 5.43 Å². The number of benzene rings is 2. The Balaban J connectivity index is 1.97. The lowest BCUT2D eigenvalue weighted by Gasteiger charge is -2.08. The number of hydrogen-bond acceptors (Lipinski definition) is 5. The van der Waals surface area contributed by atoms with Crippen molar-refractivity contribution in [1.29, 1.82) is 0 Å². The Labute approximate surface area is 159 Å². The molecule has 6 nitrogen and oxygen atoms in total. The van der Waals surface area contributed by atoms with Crippen molar-refractivity contribution in [2.75, 3.05) is 20.3 Å². The fourth-order valence-corrected chi connectivity index (χ4v) is 2.27. The Hall–Kier alpha value is -3.46. The van der Waals surface area contributed by atoms with Crippen LogP contribution in [0.5, 0.6) is 17.2 Å². The van der Waals surface area contributed by atoms with Gasteiger partial charge in [0.05, 0.1) is 26.4 Å². The van der Waals surface area contributed by atoms with E-state index in [1.165, 1.54) is 6.21 Å². The molecular weight excluding hydrogens is 344 g/mol. The van der Waals surface area contributed by atoms with E-state index in [1.807, 2.05) is 31.2 Å². The van der Waals surface area contributed by atoms with Gasteiger partial charge in [0.1, 0.15) is 23.9 Å². The molecule has 0 radical (unpaired) electrons. The Morgan fingerprint density at radius 1 is 1.19 bits per heavy atom. The smallest absolute Gasteiger partial charge is 0.244 e. The second-order valence-corrected chi connectivity index (χ2v) is 5.44. The molecule has 0 aliphatic heterocycles. The van der Waals surface area contributed by atoms with Gasteiger partial charge >= 0.3 is 0 Å². The van der Waals surface area contributed by atoms with Gasteiger partial charge in [0.15, 0.2) is 0 Å². The molecular formula is C21H22N2O4. The van der Waals surface area contributed by atoms with Crippen molar-refractivity contribution >= 4 is 12.1 Å². The predicted molar refractivity (Wildman–Crippen MR) is 104 cm³/mol. The van der Waals surface area contributed by atoms with Crippen LogP contribution in [0.4, 0.5) is 0 Å². The number of rotatable bonds is 9. The highest BCUT2D eigenvalue weighted by Gasteiger charge is 2.05. The molecule has 0 saturated carbocycles. The average molecular weight is 366 g/mol. The quantitative estimate of drug-likeness (QED) is 0.421. The monoisotopic (exact) mass is 366 g/mol. The van der Waals surface area contributed by atoms with Crippen molar-refractivity contribution in [3.63, 3.8) is 0 Å². The molecule has 0 bridgehead atoms. The number of nitrogens with zero attached hydrogens (tertiary/aromatic N) is 1. The van der Waals surface area contributed by atoms with E-state index in [4.69, 9.17) is 20.6 Å². The Kier molecular flexibility index (Phi) is 7.73. The van der Waals surface area contributed by atoms with Crippen molar-refractivity contribution < 1.29 is 19.0 Å². The summed E-state index contributed by atoms with van der Waals surface area (Å²) in [6, 6.07) is 12.6. The van der Waals surface area contributed by atoms with Crippen LogP contribution < -0.4 is 19.6 Å². The molecule has 27 heavy (non-hydrogen) atoms. The predicted octanol–water partition coefficient (Wildman–Crippen LogP) is 2.80. The molecule has 6 heteroatoms. The molecule has 1 amide bonds. The van der Waals surface area contributed by atoms with Gasteiger partial charge in [-0.1, -0.05) is 18.1 Å². The fourth-order valence-electron chi connectivity index (χ4n) is 2.27. The first-order chi connectivity index (χ1) is 13.2. The van der Waals surface area contributed by atoms with Crippen LogP contribution in [-0.2, 0) is 11.2 Å². The van der Waals surface area contributed by atoms with Gasteiger partial charge in [-0.3, -0.25) is 4.79 Å². The summed E-state index contributed by atoms with van der Waals surface area (Å²) >= 11 is 0. The van der Waals surface area contributed by atoms with E-state index >= 15 is 0 Å². The molecule has 0 saturated heterocycles. The lowest BCUT2D eigenvalue weighted by Crippen LogP contribution is -2.19. The van der Waals surface area contributed by atoms with E-state index in [9.17, 15) is 4.79 Å². The summed E-state index contributed by atoms with van der Waals surface area (Å²) in [6.07, 6.45) is 6.92. The molecule has 0 aromatic heterocycles. The van der Waals surface area contributed by atoms with Gasteiger partial charge in [0.25, 0.3) is 0 Å². The fraction of sp³-hybridized carbons (Fsp3) is 0.238. The first kappa shape index (κ1) is 19.9. The third kappa shape index (κ3) is 6.40. The highest BCUT2D eigenvalue weighted by atomic mass is 16.5. The molecule has 0 fully saturated rings. The molecule has 0 spiro atoms. The van der Waals surface area contributed by atoms with Crippen LogP contribution in [0, 0.1) is 12.3 Å². The number of carbonyl (C=O) groups excluding carboxylic acids is 1. The summed E-state index contributed by atoms with van der Waals surface area (Å²) in [4.78, 5) is 12.1. The number of hydrazone groups is 1. The van der Waals surface area contributed by atoms with E-state index in [-0.39, 0.29) is 18.9 Å². The number of methoxy groups -OCH3 is 1. The zero-order chi connectivity index (χ0) is 19.5. The van der Waals surface area contributed by atoms with Crippen LogP contribution in [-0.4, -0.2) is 32.4 Å². The summed E-state index contributed by atoms with van der Waals surface area (Å²) in [6.45, 7) is 2.66. The minimum absolute atomic E-state index is 0.136. The molecule has 140 valence electrons. The minimum Gasteiger partial charge on any atom is -0.497 e. The van der Waals surface area contributed by atoms with Crippen LogP contribution >= 0.6 is 0 Å². The number of hydrogen-bond donors (Lipinski definition) is 1. The molecule has 0 aliphatic rings. The summed E-state index contributed by atoms with van der Waals surface area (Å²) in [5.74, 6) is 4.15.